The molecule has 0 unspecified atom stereocenters. The lowest BCUT2D eigenvalue weighted by Crippen LogP contribution is -2.24. The number of rotatable bonds is 7. The van der Waals surface area contributed by atoms with Crippen LogP contribution in [-0.4, -0.2) is 29.1 Å². The minimum absolute atomic E-state index is 0.243. The van der Waals surface area contributed by atoms with Crippen molar-refractivity contribution in [2.24, 2.45) is 0 Å². The van der Waals surface area contributed by atoms with E-state index in [-0.39, 0.29) is 6.42 Å². The van der Waals surface area contributed by atoms with Crippen LogP contribution < -0.4 is 0 Å². The number of carbonyl (C=O) groups is 1. The van der Waals surface area contributed by atoms with Crippen LogP contribution in [0.1, 0.15) is 25.3 Å². The van der Waals surface area contributed by atoms with Crippen LogP contribution in [0.5, 0.6) is 0 Å². The molecule has 1 N–H and O–H groups in total. The van der Waals surface area contributed by atoms with Gasteiger partial charge < -0.3 is 5.11 Å². The maximum absolute atomic E-state index is 10.5. The van der Waals surface area contributed by atoms with Gasteiger partial charge in [0, 0.05) is 17.4 Å². The Kier molecular flexibility index (Phi) is 6.22. The molecule has 0 aromatic heterocycles. The second-order valence-corrected chi connectivity index (χ2v) is 4.81. The average Bonchev–Trinajstić information content (AvgIpc) is 2.30. The minimum Gasteiger partial charge on any atom is -0.481 e. The van der Waals surface area contributed by atoms with E-state index in [1.165, 1.54) is 5.56 Å². The molecule has 17 heavy (non-hydrogen) atoms. The lowest BCUT2D eigenvalue weighted by atomic mass is 10.2. The summed E-state index contributed by atoms with van der Waals surface area (Å²) in [6.45, 7) is 4.71. The molecule has 0 bridgehead atoms. The van der Waals surface area contributed by atoms with Crippen LogP contribution in [0.3, 0.4) is 0 Å². The highest BCUT2D eigenvalue weighted by Crippen LogP contribution is 2.17. The first-order chi connectivity index (χ1) is 8.13. The Hall–Kier alpha value is -0.870. The predicted octanol–water partition coefficient (Wildman–Crippen LogP) is 3.14. The molecule has 0 amide bonds. The van der Waals surface area contributed by atoms with Gasteiger partial charge in [0.15, 0.2) is 0 Å². The largest absolute Gasteiger partial charge is 0.481 e. The zero-order chi connectivity index (χ0) is 12.7. The second kappa shape index (κ2) is 7.45. The number of carboxylic acids is 1. The molecule has 0 aliphatic rings. The van der Waals surface area contributed by atoms with Gasteiger partial charge in [0.25, 0.3) is 0 Å². The molecule has 0 fully saturated rings. The van der Waals surface area contributed by atoms with Crippen molar-refractivity contribution < 1.29 is 9.90 Å². The highest BCUT2D eigenvalue weighted by Gasteiger charge is 2.07. The number of carboxylic acid groups (broad SMARTS) is 1. The molecule has 1 aromatic rings. The Balaban J connectivity index is 2.46. The predicted molar refractivity (Wildman–Crippen MR) is 72.0 cm³/mol. The van der Waals surface area contributed by atoms with E-state index in [1.807, 2.05) is 18.2 Å². The van der Waals surface area contributed by atoms with Crippen LogP contribution >= 0.6 is 15.9 Å². The van der Waals surface area contributed by atoms with Crippen LogP contribution in [-0.2, 0) is 11.3 Å². The van der Waals surface area contributed by atoms with Crippen LogP contribution in [0.2, 0.25) is 0 Å². The quantitative estimate of drug-likeness (QED) is 0.841. The number of hydrogen-bond donors (Lipinski definition) is 1. The molecule has 0 aliphatic heterocycles. The summed E-state index contributed by atoms with van der Waals surface area (Å²) >= 11 is 3.52. The molecule has 1 aromatic carbocycles. The summed E-state index contributed by atoms with van der Waals surface area (Å²) in [7, 11) is 0. The molecule has 0 aliphatic carbocycles. The lowest BCUT2D eigenvalue weighted by Gasteiger charge is -2.20. The van der Waals surface area contributed by atoms with Gasteiger partial charge in [0.1, 0.15) is 0 Å². The van der Waals surface area contributed by atoms with Crippen LogP contribution in [0.25, 0.3) is 0 Å². The Bertz CT molecular complexity index is 368. The molecule has 0 saturated carbocycles. The van der Waals surface area contributed by atoms with Crippen LogP contribution in [0.4, 0.5) is 0 Å². The molecule has 0 saturated heterocycles. The fraction of sp³-hybridized carbons (Fsp3) is 0.462. The van der Waals surface area contributed by atoms with Crippen molar-refractivity contribution in [2.75, 3.05) is 13.1 Å². The molecular formula is C13H18BrNO2. The van der Waals surface area contributed by atoms with E-state index in [4.69, 9.17) is 5.11 Å². The molecule has 3 nitrogen and oxygen atoms in total. The highest BCUT2D eigenvalue weighted by molar-refractivity contribution is 9.10. The van der Waals surface area contributed by atoms with E-state index in [0.717, 1.165) is 24.1 Å². The van der Waals surface area contributed by atoms with Crippen LogP contribution in [0, 0.1) is 0 Å². The van der Waals surface area contributed by atoms with E-state index >= 15 is 0 Å². The third-order valence-electron chi connectivity index (χ3n) is 2.66. The summed E-state index contributed by atoms with van der Waals surface area (Å²) in [5, 5.41) is 8.61. The maximum Gasteiger partial charge on any atom is 0.303 e. The Morgan fingerprint density at radius 3 is 2.71 bits per heavy atom. The van der Waals surface area contributed by atoms with Gasteiger partial charge in [-0.1, -0.05) is 41.1 Å². The first-order valence-electron chi connectivity index (χ1n) is 5.81. The number of aliphatic carboxylic acids is 1. The molecule has 0 heterocycles. The van der Waals surface area contributed by atoms with Crippen molar-refractivity contribution in [3.05, 3.63) is 34.3 Å². The summed E-state index contributed by atoms with van der Waals surface area (Å²) in [6, 6.07) is 8.13. The summed E-state index contributed by atoms with van der Waals surface area (Å²) in [5.74, 6) is -0.720. The molecule has 0 spiro atoms. The Morgan fingerprint density at radius 2 is 2.12 bits per heavy atom. The van der Waals surface area contributed by atoms with Crippen molar-refractivity contribution in [3.8, 4) is 0 Å². The van der Waals surface area contributed by atoms with Crippen molar-refractivity contribution in [1.82, 2.24) is 4.90 Å². The van der Waals surface area contributed by atoms with Gasteiger partial charge in [-0.2, -0.15) is 0 Å². The van der Waals surface area contributed by atoms with Crippen molar-refractivity contribution in [1.29, 1.82) is 0 Å². The topological polar surface area (TPSA) is 40.5 Å². The van der Waals surface area contributed by atoms with Gasteiger partial charge in [-0.15, -0.1) is 0 Å². The third-order valence-corrected chi connectivity index (χ3v) is 3.44. The zero-order valence-corrected chi connectivity index (χ0v) is 11.6. The van der Waals surface area contributed by atoms with E-state index in [0.29, 0.717) is 6.42 Å². The first-order valence-corrected chi connectivity index (χ1v) is 6.60. The fourth-order valence-electron chi connectivity index (χ4n) is 1.67. The molecule has 94 valence electrons. The van der Waals surface area contributed by atoms with Crippen molar-refractivity contribution in [2.45, 2.75) is 26.3 Å². The number of hydrogen-bond acceptors (Lipinski definition) is 2. The van der Waals surface area contributed by atoms with Gasteiger partial charge >= 0.3 is 5.97 Å². The molecule has 1 rings (SSSR count). The van der Waals surface area contributed by atoms with E-state index < -0.39 is 5.97 Å². The van der Waals surface area contributed by atoms with Crippen LogP contribution in [0.15, 0.2) is 28.7 Å². The summed E-state index contributed by atoms with van der Waals surface area (Å²) in [5.41, 5.74) is 1.24. The van der Waals surface area contributed by atoms with Crippen molar-refractivity contribution in [3.63, 3.8) is 0 Å². The van der Waals surface area contributed by atoms with Gasteiger partial charge in [-0.3, -0.25) is 9.69 Å². The van der Waals surface area contributed by atoms with Crippen molar-refractivity contribution >= 4 is 21.9 Å². The van der Waals surface area contributed by atoms with Gasteiger partial charge in [0.05, 0.1) is 0 Å². The average molecular weight is 300 g/mol. The zero-order valence-electron chi connectivity index (χ0n) is 10.0. The SMILES string of the molecule is CCN(CCCC(=O)O)Cc1ccccc1Br. The second-order valence-electron chi connectivity index (χ2n) is 3.96. The van der Waals surface area contributed by atoms with E-state index in [9.17, 15) is 4.79 Å². The van der Waals surface area contributed by atoms with Gasteiger partial charge in [0.2, 0.25) is 0 Å². The first kappa shape index (κ1) is 14.2. The number of benzene rings is 1. The van der Waals surface area contributed by atoms with Gasteiger partial charge in [-0.05, 0) is 31.1 Å². The van der Waals surface area contributed by atoms with E-state index in [2.05, 4.69) is 33.8 Å². The lowest BCUT2D eigenvalue weighted by molar-refractivity contribution is -0.137. The molecule has 0 atom stereocenters. The highest BCUT2D eigenvalue weighted by atomic mass is 79.9. The number of halogens is 1. The maximum atomic E-state index is 10.5. The Labute approximate surface area is 111 Å². The summed E-state index contributed by atoms with van der Waals surface area (Å²) in [4.78, 5) is 12.7. The monoisotopic (exact) mass is 299 g/mol. The number of nitrogens with zero attached hydrogens (tertiary/aromatic N) is 1. The molecular weight excluding hydrogens is 282 g/mol. The summed E-state index contributed by atoms with van der Waals surface area (Å²) < 4.78 is 1.11. The minimum atomic E-state index is -0.720. The Morgan fingerprint density at radius 1 is 1.41 bits per heavy atom. The standard InChI is InChI=1S/C13H18BrNO2/c1-2-15(9-5-8-13(16)17)10-11-6-3-4-7-12(11)14/h3-4,6-7H,2,5,8-10H2,1H3,(H,16,17). The normalized spacial score (nSPS) is 10.8. The molecule has 4 heteroatoms. The third kappa shape index (κ3) is 5.33. The molecule has 0 radical (unpaired) electrons. The summed E-state index contributed by atoms with van der Waals surface area (Å²) in [6.07, 6.45) is 0.945. The van der Waals surface area contributed by atoms with E-state index in [1.54, 1.807) is 0 Å². The fourth-order valence-corrected chi connectivity index (χ4v) is 2.08. The smallest absolute Gasteiger partial charge is 0.303 e. The van der Waals surface area contributed by atoms with Gasteiger partial charge in [-0.25, -0.2) is 0 Å².